The maximum atomic E-state index is 12.2. The monoisotopic (exact) mass is 324 g/mol. The van der Waals surface area contributed by atoms with Gasteiger partial charge in [-0.3, -0.25) is 4.79 Å². The summed E-state index contributed by atoms with van der Waals surface area (Å²) >= 11 is 0. The van der Waals surface area contributed by atoms with Crippen molar-refractivity contribution in [3.8, 4) is 0 Å². The predicted octanol–water partition coefficient (Wildman–Crippen LogP) is 4.39. The van der Waals surface area contributed by atoms with Crippen LogP contribution in [0.25, 0.3) is 0 Å². The standard InChI is InChI=1S/C19H32O4/c1-5-17(2)22-15-11-8-9-13-18(21)19(3,4)23-16-12-7-6-10-14-20/h5,14H,1-2,6-13,15-16H2,3-4H3. The van der Waals surface area contributed by atoms with Crippen LogP contribution in [-0.2, 0) is 19.1 Å². The number of hydrogen-bond donors (Lipinski definition) is 0. The number of ketones is 1. The van der Waals surface area contributed by atoms with Crippen LogP contribution in [0.1, 0.15) is 65.2 Å². The molecule has 0 heterocycles. The molecule has 0 radical (unpaired) electrons. The minimum atomic E-state index is -0.724. The Morgan fingerprint density at radius 1 is 1.04 bits per heavy atom. The molecule has 4 heteroatoms. The van der Waals surface area contributed by atoms with Gasteiger partial charge in [-0.1, -0.05) is 19.6 Å². The van der Waals surface area contributed by atoms with E-state index in [0.717, 1.165) is 44.8 Å². The molecule has 0 N–H and O–H groups in total. The predicted molar refractivity (Wildman–Crippen MR) is 93.3 cm³/mol. The molecule has 0 aromatic rings. The van der Waals surface area contributed by atoms with Gasteiger partial charge in [0.2, 0.25) is 0 Å². The van der Waals surface area contributed by atoms with Crippen LogP contribution in [0.2, 0.25) is 0 Å². The van der Waals surface area contributed by atoms with E-state index in [1.807, 2.05) is 13.8 Å². The summed E-state index contributed by atoms with van der Waals surface area (Å²) < 4.78 is 11.0. The quantitative estimate of drug-likeness (QED) is 0.183. The number of carbonyl (C=O) groups excluding carboxylic acids is 2. The summed E-state index contributed by atoms with van der Waals surface area (Å²) in [6.07, 6.45) is 9.07. The molecular weight excluding hydrogens is 292 g/mol. The number of carbonyl (C=O) groups is 2. The summed E-state index contributed by atoms with van der Waals surface area (Å²) in [5.41, 5.74) is -0.724. The zero-order chi connectivity index (χ0) is 17.6. The SMILES string of the molecule is C=CC(=C)OCCCCCC(=O)C(C)(C)OCCCCCC=O. The van der Waals surface area contributed by atoms with E-state index in [4.69, 9.17) is 9.47 Å². The average Bonchev–Trinajstić information content (AvgIpc) is 2.53. The molecule has 0 rings (SSSR count). The van der Waals surface area contributed by atoms with E-state index in [2.05, 4.69) is 13.2 Å². The molecule has 0 aliphatic carbocycles. The first-order chi connectivity index (χ1) is 10.9. The summed E-state index contributed by atoms with van der Waals surface area (Å²) in [5, 5.41) is 0. The van der Waals surface area contributed by atoms with Gasteiger partial charge in [0, 0.05) is 19.4 Å². The van der Waals surface area contributed by atoms with Crippen molar-refractivity contribution < 1.29 is 19.1 Å². The molecule has 132 valence electrons. The molecule has 0 bridgehead atoms. The average molecular weight is 324 g/mol. The van der Waals surface area contributed by atoms with Gasteiger partial charge in [0.05, 0.1) is 6.61 Å². The van der Waals surface area contributed by atoms with Crippen molar-refractivity contribution in [1.29, 1.82) is 0 Å². The molecule has 0 amide bonds. The maximum absolute atomic E-state index is 12.2. The van der Waals surface area contributed by atoms with E-state index >= 15 is 0 Å². The molecule has 0 saturated carbocycles. The molecule has 0 aromatic heterocycles. The lowest BCUT2D eigenvalue weighted by Gasteiger charge is -2.24. The van der Waals surface area contributed by atoms with Crippen molar-refractivity contribution in [2.45, 2.75) is 70.8 Å². The molecule has 0 atom stereocenters. The summed E-state index contributed by atoms with van der Waals surface area (Å²) in [7, 11) is 0. The summed E-state index contributed by atoms with van der Waals surface area (Å²) in [4.78, 5) is 22.4. The fraction of sp³-hybridized carbons (Fsp3) is 0.684. The highest BCUT2D eigenvalue weighted by Crippen LogP contribution is 2.16. The largest absolute Gasteiger partial charge is 0.494 e. The van der Waals surface area contributed by atoms with Crippen molar-refractivity contribution in [3.63, 3.8) is 0 Å². The topological polar surface area (TPSA) is 52.6 Å². The fourth-order valence-corrected chi connectivity index (χ4v) is 2.04. The van der Waals surface area contributed by atoms with Crippen LogP contribution < -0.4 is 0 Å². The second-order valence-electron chi connectivity index (χ2n) is 6.13. The highest BCUT2D eigenvalue weighted by atomic mass is 16.5. The first-order valence-corrected chi connectivity index (χ1v) is 8.49. The Kier molecular flexibility index (Phi) is 12.3. The molecule has 0 aliphatic rings. The van der Waals surface area contributed by atoms with Gasteiger partial charge in [-0.05, 0) is 52.0 Å². The second kappa shape index (κ2) is 13.1. The Balaban J connectivity index is 3.71. The molecule has 0 spiro atoms. The summed E-state index contributed by atoms with van der Waals surface area (Å²) in [5.74, 6) is 0.727. The Bertz CT molecular complexity index is 372. The lowest BCUT2D eigenvalue weighted by atomic mass is 9.98. The first kappa shape index (κ1) is 21.6. The number of allylic oxidation sites excluding steroid dienone is 1. The second-order valence-corrected chi connectivity index (χ2v) is 6.13. The smallest absolute Gasteiger partial charge is 0.164 e. The van der Waals surface area contributed by atoms with Crippen LogP contribution in [-0.4, -0.2) is 30.9 Å². The van der Waals surface area contributed by atoms with Crippen LogP contribution in [0.15, 0.2) is 25.0 Å². The van der Waals surface area contributed by atoms with Crippen molar-refractivity contribution in [1.82, 2.24) is 0 Å². The fourth-order valence-electron chi connectivity index (χ4n) is 2.04. The summed E-state index contributed by atoms with van der Waals surface area (Å²) in [6, 6.07) is 0. The minimum absolute atomic E-state index is 0.141. The van der Waals surface area contributed by atoms with Crippen molar-refractivity contribution in [2.24, 2.45) is 0 Å². The lowest BCUT2D eigenvalue weighted by Crippen LogP contribution is -2.35. The van der Waals surface area contributed by atoms with E-state index in [0.29, 0.717) is 31.8 Å². The third-order valence-electron chi connectivity index (χ3n) is 3.66. The zero-order valence-corrected chi connectivity index (χ0v) is 14.8. The van der Waals surface area contributed by atoms with Gasteiger partial charge in [0.1, 0.15) is 17.6 Å². The number of rotatable bonds is 16. The van der Waals surface area contributed by atoms with Crippen molar-refractivity contribution in [3.05, 3.63) is 25.0 Å². The van der Waals surface area contributed by atoms with Gasteiger partial charge in [-0.15, -0.1) is 0 Å². The Morgan fingerprint density at radius 2 is 1.70 bits per heavy atom. The van der Waals surface area contributed by atoms with Gasteiger partial charge in [-0.2, -0.15) is 0 Å². The third kappa shape index (κ3) is 11.8. The van der Waals surface area contributed by atoms with E-state index in [-0.39, 0.29) is 5.78 Å². The number of aldehydes is 1. The van der Waals surface area contributed by atoms with Gasteiger partial charge < -0.3 is 14.3 Å². The maximum Gasteiger partial charge on any atom is 0.164 e. The van der Waals surface area contributed by atoms with Crippen LogP contribution in [0.4, 0.5) is 0 Å². The third-order valence-corrected chi connectivity index (χ3v) is 3.66. The normalized spacial score (nSPS) is 11.0. The molecule has 0 aliphatic heterocycles. The molecule has 4 nitrogen and oxygen atoms in total. The number of hydrogen-bond acceptors (Lipinski definition) is 4. The van der Waals surface area contributed by atoms with Crippen LogP contribution in [0, 0.1) is 0 Å². The zero-order valence-electron chi connectivity index (χ0n) is 14.8. The van der Waals surface area contributed by atoms with E-state index in [1.54, 1.807) is 6.08 Å². The number of ether oxygens (including phenoxy) is 2. The van der Waals surface area contributed by atoms with Crippen LogP contribution in [0.5, 0.6) is 0 Å². The molecule has 0 saturated heterocycles. The van der Waals surface area contributed by atoms with Gasteiger partial charge >= 0.3 is 0 Å². The van der Waals surface area contributed by atoms with Gasteiger partial charge in [-0.25, -0.2) is 0 Å². The van der Waals surface area contributed by atoms with Crippen molar-refractivity contribution in [2.75, 3.05) is 13.2 Å². The molecule has 0 fully saturated rings. The van der Waals surface area contributed by atoms with Crippen LogP contribution >= 0.6 is 0 Å². The van der Waals surface area contributed by atoms with E-state index < -0.39 is 5.60 Å². The number of Topliss-reactive ketones (excluding diaryl/α,β-unsaturated/α-hetero) is 1. The van der Waals surface area contributed by atoms with Gasteiger partial charge in [0.25, 0.3) is 0 Å². The van der Waals surface area contributed by atoms with Crippen LogP contribution in [0.3, 0.4) is 0 Å². The Hall–Kier alpha value is -1.42. The van der Waals surface area contributed by atoms with Gasteiger partial charge in [0.15, 0.2) is 5.78 Å². The molecule has 0 aromatic carbocycles. The highest BCUT2D eigenvalue weighted by Gasteiger charge is 2.27. The summed E-state index contributed by atoms with van der Waals surface area (Å²) in [6.45, 7) is 12.1. The van der Waals surface area contributed by atoms with Crippen molar-refractivity contribution >= 4 is 12.1 Å². The minimum Gasteiger partial charge on any atom is -0.494 e. The molecule has 0 unspecified atom stereocenters. The highest BCUT2D eigenvalue weighted by molar-refractivity contribution is 5.86. The Morgan fingerprint density at radius 3 is 2.35 bits per heavy atom. The lowest BCUT2D eigenvalue weighted by molar-refractivity contribution is -0.140. The van der Waals surface area contributed by atoms with E-state index in [1.165, 1.54) is 0 Å². The Labute approximate surface area is 140 Å². The molecule has 23 heavy (non-hydrogen) atoms. The first-order valence-electron chi connectivity index (χ1n) is 8.49. The number of unbranched alkanes of at least 4 members (excludes halogenated alkanes) is 5. The molecular formula is C19H32O4. The van der Waals surface area contributed by atoms with E-state index in [9.17, 15) is 9.59 Å².